The molecule has 1 heterocycles. The van der Waals surface area contributed by atoms with Crippen LogP contribution in [0.4, 0.5) is 0 Å². The predicted molar refractivity (Wildman–Crippen MR) is 114 cm³/mol. The standard InChI is InChI=1S/C22H24ClN3O2/c1-15-10-18(16(2)26(15)20-7-5-6-19(23)12-20)14-25-24-13-17-8-9-21(27-3)22(11-17)28-4/h5-12,14,24H,13H2,1-4H3/b25-14-. The summed E-state index contributed by atoms with van der Waals surface area (Å²) in [6.45, 7) is 4.73. The Kier molecular flexibility index (Phi) is 6.26. The van der Waals surface area contributed by atoms with Gasteiger partial charge in [0.25, 0.3) is 0 Å². The number of rotatable bonds is 7. The van der Waals surface area contributed by atoms with Gasteiger partial charge in [0.15, 0.2) is 11.5 Å². The largest absolute Gasteiger partial charge is 0.493 e. The number of benzene rings is 2. The summed E-state index contributed by atoms with van der Waals surface area (Å²) in [4.78, 5) is 0. The summed E-state index contributed by atoms with van der Waals surface area (Å²) in [6, 6.07) is 15.7. The van der Waals surface area contributed by atoms with E-state index in [0.29, 0.717) is 18.0 Å². The summed E-state index contributed by atoms with van der Waals surface area (Å²) in [5.74, 6) is 1.42. The molecule has 0 unspecified atom stereocenters. The van der Waals surface area contributed by atoms with Crippen LogP contribution in [0.1, 0.15) is 22.5 Å². The lowest BCUT2D eigenvalue weighted by molar-refractivity contribution is 0.354. The van der Waals surface area contributed by atoms with Crippen LogP contribution in [0.5, 0.6) is 11.5 Å². The van der Waals surface area contributed by atoms with Gasteiger partial charge in [-0.05, 0) is 55.8 Å². The summed E-state index contributed by atoms with van der Waals surface area (Å²) >= 11 is 6.14. The Morgan fingerprint density at radius 1 is 1.04 bits per heavy atom. The van der Waals surface area contributed by atoms with Crippen LogP contribution in [0.2, 0.25) is 5.02 Å². The smallest absolute Gasteiger partial charge is 0.161 e. The number of aryl methyl sites for hydroxylation is 1. The molecule has 0 aliphatic carbocycles. The average molecular weight is 398 g/mol. The molecule has 6 heteroatoms. The van der Waals surface area contributed by atoms with Crippen LogP contribution in [0.25, 0.3) is 5.69 Å². The van der Waals surface area contributed by atoms with E-state index in [0.717, 1.165) is 33.2 Å². The zero-order valence-electron chi connectivity index (χ0n) is 16.5. The number of ether oxygens (including phenoxy) is 2. The molecule has 0 atom stereocenters. The molecule has 0 radical (unpaired) electrons. The Morgan fingerprint density at radius 3 is 2.54 bits per heavy atom. The highest BCUT2D eigenvalue weighted by molar-refractivity contribution is 6.30. The van der Waals surface area contributed by atoms with E-state index in [2.05, 4.69) is 35.0 Å². The molecule has 0 bridgehead atoms. The zero-order valence-corrected chi connectivity index (χ0v) is 17.2. The summed E-state index contributed by atoms with van der Waals surface area (Å²) < 4.78 is 12.8. The number of hydrogen-bond donors (Lipinski definition) is 1. The van der Waals surface area contributed by atoms with E-state index < -0.39 is 0 Å². The number of nitrogens with zero attached hydrogens (tertiary/aromatic N) is 2. The van der Waals surface area contributed by atoms with Crippen molar-refractivity contribution in [3.63, 3.8) is 0 Å². The number of nitrogens with one attached hydrogen (secondary N) is 1. The van der Waals surface area contributed by atoms with Gasteiger partial charge in [-0.1, -0.05) is 23.7 Å². The normalized spacial score (nSPS) is 11.0. The van der Waals surface area contributed by atoms with Crippen LogP contribution in [-0.4, -0.2) is 25.0 Å². The molecule has 2 aromatic carbocycles. The Labute approximate surface area is 170 Å². The van der Waals surface area contributed by atoms with Crippen molar-refractivity contribution >= 4 is 17.8 Å². The van der Waals surface area contributed by atoms with Crippen LogP contribution in [-0.2, 0) is 6.54 Å². The fourth-order valence-electron chi connectivity index (χ4n) is 3.17. The maximum atomic E-state index is 6.14. The number of hydrogen-bond acceptors (Lipinski definition) is 4. The minimum atomic E-state index is 0.587. The fraction of sp³-hybridized carbons (Fsp3) is 0.227. The molecule has 0 aliphatic rings. The second-order valence-electron chi connectivity index (χ2n) is 6.42. The van der Waals surface area contributed by atoms with Gasteiger partial charge in [0.1, 0.15) is 0 Å². The summed E-state index contributed by atoms with van der Waals surface area (Å²) in [5, 5.41) is 5.09. The lowest BCUT2D eigenvalue weighted by atomic mass is 10.2. The summed E-state index contributed by atoms with van der Waals surface area (Å²) in [5.41, 5.74) is 8.47. The predicted octanol–water partition coefficient (Wildman–Crippen LogP) is 4.89. The molecular weight excluding hydrogens is 374 g/mol. The maximum absolute atomic E-state index is 6.14. The third kappa shape index (κ3) is 4.31. The molecule has 0 spiro atoms. The topological polar surface area (TPSA) is 47.8 Å². The van der Waals surface area contributed by atoms with Gasteiger partial charge in [0.2, 0.25) is 0 Å². The molecule has 0 aliphatic heterocycles. The van der Waals surface area contributed by atoms with Crippen LogP contribution >= 0.6 is 11.6 Å². The molecular formula is C22H24ClN3O2. The minimum Gasteiger partial charge on any atom is -0.493 e. The second-order valence-corrected chi connectivity index (χ2v) is 6.86. The van der Waals surface area contributed by atoms with Crippen LogP contribution in [0, 0.1) is 13.8 Å². The van der Waals surface area contributed by atoms with Crippen molar-refractivity contribution in [3.8, 4) is 17.2 Å². The lowest BCUT2D eigenvalue weighted by Gasteiger charge is -2.10. The van der Waals surface area contributed by atoms with Crippen molar-refractivity contribution in [2.24, 2.45) is 5.10 Å². The zero-order chi connectivity index (χ0) is 20.1. The Morgan fingerprint density at radius 2 is 1.82 bits per heavy atom. The van der Waals surface area contributed by atoms with Gasteiger partial charge in [-0.25, -0.2) is 0 Å². The summed E-state index contributed by atoms with van der Waals surface area (Å²) in [7, 11) is 3.25. The molecule has 1 aromatic heterocycles. The molecule has 0 saturated heterocycles. The minimum absolute atomic E-state index is 0.587. The first-order valence-electron chi connectivity index (χ1n) is 8.95. The van der Waals surface area contributed by atoms with E-state index >= 15 is 0 Å². The van der Waals surface area contributed by atoms with E-state index in [1.165, 1.54) is 0 Å². The van der Waals surface area contributed by atoms with Gasteiger partial charge < -0.3 is 19.5 Å². The van der Waals surface area contributed by atoms with E-state index in [4.69, 9.17) is 21.1 Å². The van der Waals surface area contributed by atoms with Crippen molar-refractivity contribution in [1.82, 2.24) is 9.99 Å². The quantitative estimate of drug-likeness (QED) is 0.456. The molecule has 3 rings (SSSR count). The van der Waals surface area contributed by atoms with Crippen molar-refractivity contribution in [3.05, 3.63) is 76.1 Å². The van der Waals surface area contributed by atoms with E-state index in [-0.39, 0.29) is 0 Å². The van der Waals surface area contributed by atoms with E-state index in [9.17, 15) is 0 Å². The highest BCUT2D eigenvalue weighted by atomic mass is 35.5. The highest BCUT2D eigenvalue weighted by Gasteiger charge is 2.09. The van der Waals surface area contributed by atoms with Crippen molar-refractivity contribution in [2.45, 2.75) is 20.4 Å². The van der Waals surface area contributed by atoms with Gasteiger partial charge in [0, 0.05) is 27.7 Å². The van der Waals surface area contributed by atoms with Crippen LogP contribution in [0.3, 0.4) is 0 Å². The fourth-order valence-corrected chi connectivity index (χ4v) is 3.36. The van der Waals surface area contributed by atoms with Crippen molar-refractivity contribution in [2.75, 3.05) is 14.2 Å². The number of methoxy groups -OCH3 is 2. The monoisotopic (exact) mass is 397 g/mol. The van der Waals surface area contributed by atoms with Gasteiger partial charge >= 0.3 is 0 Å². The lowest BCUT2D eigenvalue weighted by Crippen LogP contribution is -2.06. The Hall–Kier alpha value is -2.92. The van der Waals surface area contributed by atoms with Gasteiger partial charge in [-0.3, -0.25) is 0 Å². The highest BCUT2D eigenvalue weighted by Crippen LogP contribution is 2.27. The van der Waals surface area contributed by atoms with Crippen molar-refractivity contribution < 1.29 is 9.47 Å². The van der Waals surface area contributed by atoms with Crippen LogP contribution < -0.4 is 14.9 Å². The molecule has 28 heavy (non-hydrogen) atoms. The average Bonchev–Trinajstić information content (AvgIpc) is 2.98. The summed E-state index contributed by atoms with van der Waals surface area (Å²) in [6.07, 6.45) is 1.84. The van der Waals surface area contributed by atoms with E-state index in [1.54, 1.807) is 14.2 Å². The van der Waals surface area contributed by atoms with E-state index in [1.807, 2.05) is 48.7 Å². The SMILES string of the molecule is COc1ccc(CN/N=C\c2cc(C)n(-c3cccc(Cl)c3)c2C)cc1OC. The first-order valence-corrected chi connectivity index (χ1v) is 9.33. The second kappa shape index (κ2) is 8.85. The van der Waals surface area contributed by atoms with Gasteiger partial charge in [0.05, 0.1) is 27.0 Å². The van der Waals surface area contributed by atoms with Gasteiger partial charge in [-0.15, -0.1) is 0 Å². The first kappa shape index (κ1) is 19.8. The van der Waals surface area contributed by atoms with Crippen molar-refractivity contribution in [1.29, 1.82) is 0 Å². The Balaban J connectivity index is 1.71. The number of halogens is 1. The molecule has 3 aromatic rings. The Bertz CT molecular complexity index is 995. The molecule has 0 amide bonds. The molecule has 146 valence electrons. The molecule has 0 saturated carbocycles. The first-order chi connectivity index (χ1) is 13.5. The molecule has 1 N–H and O–H groups in total. The van der Waals surface area contributed by atoms with Crippen LogP contribution in [0.15, 0.2) is 53.6 Å². The maximum Gasteiger partial charge on any atom is 0.161 e. The third-order valence-corrected chi connectivity index (χ3v) is 4.80. The third-order valence-electron chi connectivity index (χ3n) is 4.56. The molecule has 5 nitrogen and oxygen atoms in total. The number of hydrazone groups is 1. The van der Waals surface area contributed by atoms with Gasteiger partial charge in [-0.2, -0.15) is 5.10 Å². The molecule has 0 fully saturated rings. The number of aromatic nitrogens is 1.